The molecule has 0 bridgehead atoms. The summed E-state index contributed by atoms with van der Waals surface area (Å²) in [6.45, 7) is 9.53. The molecule has 0 amide bonds. The predicted octanol–water partition coefficient (Wildman–Crippen LogP) is 3.14. The fraction of sp³-hybridized carbons (Fsp3) is 0.647. The van der Waals surface area contributed by atoms with Crippen molar-refractivity contribution in [2.24, 2.45) is 0 Å². The van der Waals surface area contributed by atoms with Crippen LogP contribution >= 0.6 is 24.8 Å². The van der Waals surface area contributed by atoms with Crippen molar-refractivity contribution in [1.29, 1.82) is 0 Å². The van der Waals surface area contributed by atoms with Gasteiger partial charge in [-0.2, -0.15) is 0 Å². The minimum absolute atomic E-state index is 0. The number of piperidine rings is 1. The van der Waals surface area contributed by atoms with Crippen LogP contribution in [0.5, 0.6) is 0 Å². The number of halogens is 2. The topological polar surface area (TPSA) is 24.5 Å². The first-order chi connectivity index (χ1) is 9.83. The van der Waals surface area contributed by atoms with Crippen LogP contribution in [0.15, 0.2) is 18.2 Å². The van der Waals surface area contributed by atoms with Gasteiger partial charge in [-0.1, -0.05) is 23.8 Å². The van der Waals surface area contributed by atoms with E-state index >= 15 is 0 Å². The van der Waals surface area contributed by atoms with Gasteiger partial charge in [0.25, 0.3) is 0 Å². The van der Waals surface area contributed by atoms with Gasteiger partial charge < -0.3 is 10.1 Å². The van der Waals surface area contributed by atoms with E-state index in [2.05, 4.69) is 35.3 Å². The maximum absolute atomic E-state index is 5.45. The predicted molar refractivity (Wildman–Crippen MR) is 96.6 cm³/mol. The average Bonchev–Trinajstić information content (AvgIpc) is 2.51. The van der Waals surface area contributed by atoms with Gasteiger partial charge in [-0.15, -0.1) is 24.8 Å². The molecule has 0 aromatic heterocycles. The lowest BCUT2D eigenvalue weighted by atomic mass is 9.86. The van der Waals surface area contributed by atoms with Crippen molar-refractivity contribution in [3.63, 3.8) is 0 Å². The Morgan fingerprint density at radius 2 is 1.82 bits per heavy atom. The van der Waals surface area contributed by atoms with Crippen LogP contribution in [0.25, 0.3) is 0 Å². The van der Waals surface area contributed by atoms with E-state index in [0.717, 1.165) is 51.9 Å². The van der Waals surface area contributed by atoms with E-state index in [9.17, 15) is 0 Å². The summed E-state index contributed by atoms with van der Waals surface area (Å²) in [5.41, 5.74) is 4.52. The number of rotatable bonds is 3. The largest absolute Gasteiger partial charge is 0.379 e. The monoisotopic (exact) mass is 346 g/mol. The van der Waals surface area contributed by atoms with Gasteiger partial charge in [-0.25, -0.2) is 0 Å². The molecule has 0 aliphatic carbocycles. The van der Waals surface area contributed by atoms with Crippen LogP contribution in [0.4, 0.5) is 0 Å². The second-order valence-corrected chi connectivity index (χ2v) is 6.12. The minimum Gasteiger partial charge on any atom is -0.379 e. The van der Waals surface area contributed by atoms with Crippen LogP contribution in [-0.2, 0) is 11.3 Å². The summed E-state index contributed by atoms with van der Waals surface area (Å²) >= 11 is 0. The third kappa shape index (κ3) is 5.10. The van der Waals surface area contributed by atoms with Crippen molar-refractivity contribution >= 4 is 24.8 Å². The molecule has 0 unspecified atom stereocenters. The molecular weight excluding hydrogens is 319 g/mol. The molecule has 1 aromatic rings. The van der Waals surface area contributed by atoms with Crippen molar-refractivity contribution in [1.82, 2.24) is 10.2 Å². The van der Waals surface area contributed by atoms with Gasteiger partial charge in [0.1, 0.15) is 0 Å². The highest BCUT2D eigenvalue weighted by molar-refractivity contribution is 5.85. The second kappa shape index (κ2) is 9.74. The highest BCUT2D eigenvalue weighted by Crippen LogP contribution is 2.29. The number of morpholine rings is 1. The normalized spacial score (nSPS) is 20.0. The SMILES string of the molecule is Cc1ccc(CN2CCOCC2)c(C2CCNCC2)c1.Cl.Cl. The van der Waals surface area contributed by atoms with Gasteiger partial charge in [-0.3, -0.25) is 4.90 Å². The van der Waals surface area contributed by atoms with Crippen LogP contribution in [-0.4, -0.2) is 44.3 Å². The summed E-state index contributed by atoms with van der Waals surface area (Å²) in [4.78, 5) is 2.53. The highest BCUT2D eigenvalue weighted by atomic mass is 35.5. The summed E-state index contributed by atoms with van der Waals surface area (Å²) in [5.74, 6) is 0.743. The Bertz CT molecular complexity index is 444. The molecule has 0 atom stereocenters. The standard InChI is InChI=1S/C17H26N2O.2ClH/c1-14-2-3-16(13-19-8-10-20-11-9-19)17(12-14)15-4-6-18-7-5-15;;/h2-3,12,15,18H,4-11,13H2,1H3;2*1H. The number of hydrogen-bond acceptors (Lipinski definition) is 3. The number of hydrogen-bond donors (Lipinski definition) is 1. The quantitative estimate of drug-likeness (QED) is 0.909. The van der Waals surface area contributed by atoms with Crippen LogP contribution in [0.1, 0.15) is 35.4 Å². The number of benzene rings is 1. The molecule has 2 aliphatic rings. The van der Waals surface area contributed by atoms with Gasteiger partial charge in [0.2, 0.25) is 0 Å². The lowest BCUT2D eigenvalue weighted by Crippen LogP contribution is -2.36. The summed E-state index contributed by atoms with van der Waals surface area (Å²) in [6, 6.07) is 7.04. The summed E-state index contributed by atoms with van der Waals surface area (Å²) in [7, 11) is 0. The Kier molecular flexibility index (Phi) is 8.73. The van der Waals surface area contributed by atoms with Crippen LogP contribution < -0.4 is 5.32 Å². The molecule has 0 spiro atoms. The van der Waals surface area contributed by atoms with Crippen LogP contribution in [0.3, 0.4) is 0 Å². The fourth-order valence-electron chi connectivity index (χ4n) is 3.37. The molecule has 2 aliphatic heterocycles. The first kappa shape index (κ1) is 19.7. The maximum atomic E-state index is 5.45. The number of nitrogens with zero attached hydrogens (tertiary/aromatic N) is 1. The molecule has 2 fully saturated rings. The minimum atomic E-state index is 0. The lowest BCUT2D eigenvalue weighted by Gasteiger charge is -2.30. The molecule has 3 nitrogen and oxygen atoms in total. The smallest absolute Gasteiger partial charge is 0.0594 e. The van der Waals surface area contributed by atoms with Crippen molar-refractivity contribution in [2.75, 3.05) is 39.4 Å². The Morgan fingerprint density at radius 3 is 2.50 bits per heavy atom. The van der Waals surface area contributed by atoms with Crippen molar-refractivity contribution in [3.8, 4) is 0 Å². The van der Waals surface area contributed by atoms with Gasteiger partial charge in [0.05, 0.1) is 13.2 Å². The van der Waals surface area contributed by atoms with E-state index in [4.69, 9.17) is 4.74 Å². The second-order valence-electron chi connectivity index (χ2n) is 6.12. The number of ether oxygens (including phenoxy) is 1. The molecule has 0 saturated carbocycles. The number of nitrogens with one attached hydrogen (secondary N) is 1. The first-order valence-corrected chi connectivity index (χ1v) is 7.93. The van der Waals surface area contributed by atoms with Crippen molar-refractivity contribution < 1.29 is 4.74 Å². The molecular formula is C17H28Cl2N2O. The van der Waals surface area contributed by atoms with E-state index in [1.165, 1.54) is 24.0 Å². The molecule has 1 N–H and O–H groups in total. The van der Waals surface area contributed by atoms with Gasteiger partial charge >= 0.3 is 0 Å². The van der Waals surface area contributed by atoms with E-state index < -0.39 is 0 Å². The fourth-order valence-corrected chi connectivity index (χ4v) is 3.37. The summed E-state index contributed by atoms with van der Waals surface area (Å²) in [5, 5.41) is 3.47. The molecule has 5 heteroatoms. The molecule has 3 rings (SSSR count). The van der Waals surface area contributed by atoms with Gasteiger partial charge in [0.15, 0.2) is 0 Å². The van der Waals surface area contributed by atoms with Gasteiger partial charge in [-0.05, 0) is 49.9 Å². The Labute approximate surface area is 146 Å². The van der Waals surface area contributed by atoms with E-state index in [1.54, 1.807) is 5.56 Å². The van der Waals surface area contributed by atoms with E-state index in [1.807, 2.05) is 0 Å². The molecule has 2 saturated heterocycles. The van der Waals surface area contributed by atoms with E-state index in [-0.39, 0.29) is 24.8 Å². The van der Waals surface area contributed by atoms with Crippen molar-refractivity contribution in [2.45, 2.75) is 32.2 Å². The zero-order chi connectivity index (χ0) is 13.8. The average molecular weight is 347 g/mol. The first-order valence-electron chi connectivity index (χ1n) is 7.93. The zero-order valence-electron chi connectivity index (χ0n) is 13.3. The van der Waals surface area contributed by atoms with E-state index in [0.29, 0.717) is 0 Å². The maximum Gasteiger partial charge on any atom is 0.0594 e. The molecule has 22 heavy (non-hydrogen) atoms. The number of aryl methyl sites for hydroxylation is 1. The summed E-state index contributed by atoms with van der Waals surface area (Å²) in [6.07, 6.45) is 2.55. The van der Waals surface area contributed by atoms with Gasteiger partial charge in [0, 0.05) is 19.6 Å². The summed E-state index contributed by atoms with van der Waals surface area (Å²) < 4.78 is 5.45. The molecule has 126 valence electrons. The van der Waals surface area contributed by atoms with Crippen molar-refractivity contribution in [3.05, 3.63) is 34.9 Å². The lowest BCUT2D eigenvalue weighted by molar-refractivity contribution is 0.0340. The third-order valence-corrected chi connectivity index (χ3v) is 4.58. The molecule has 0 radical (unpaired) electrons. The molecule has 1 aromatic carbocycles. The third-order valence-electron chi connectivity index (χ3n) is 4.58. The molecule has 2 heterocycles. The zero-order valence-corrected chi connectivity index (χ0v) is 15.0. The van der Waals surface area contributed by atoms with Crippen LogP contribution in [0, 0.1) is 6.92 Å². The Balaban J connectivity index is 0.00000121. The Morgan fingerprint density at radius 1 is 1.14 bits per heavy atom. The van der Waals surface area contributed by atoms with Crippen LogP contribution in [0.2, 0.25) is 0 Å². The highest BCUT2D eigenvalue weighted by Gasteiger charge is 2.20. The Hall–Kier alpha value is -0.320.